The van der Waals surface area contributed by atoms with Crippen LogP contribution in [0.4, 0.5) is 0 Å². The predicted molar refractivity (Wildman–Crippen MR) is 52.3 cm³/mol. The molecule has 2 heteroatoms. The Labute approximate surface area is 73.6 Å². The van der Waals surface area contributed by atoms with Crippen LogP contribution in [-0.4, -0.2) is 5.37 Å². The van der Waals surface area contributed by atoms with E-state index in [0.717, 1.165) is 5.92 Å². The summed E-state index contributed by atoms with van der Waals surface area (Å²) in [6, 6.07) is 0. The van der Waals surface area contributed by atoms with Crippen molar-refractivity contribution < 1.29 is 0 Å². The SMILES string of the molecule is CC1=C(C)SC(CC(C)C)N1. The zero-order valence-corrected chi connectivity index (χ0v) is 8.59. The van der Waals surface area contributed by atoms with Crippen molar-refractivity contribution in [2.24, 2.45) is 5.92 Å². The molecule has 11 heavy (non-hydrogen) atoms. The number of hydrogen-bond donors (Lipinski definition) is 1. The van der Waals surface area contributed by atoms with E-state index in [0.29, 0.717) is 5.37 Å². The molecule has 0 amide bonds. The van der Waals surface area contributed by atoms with E-state index < -0.39 is 0 Å². The van der Waals surface area contributed by atoms with Gasteiger partial charge in [0.2, 0.25) is 0 Å². The highest BCUT2D eigenvalue weighted by Crippen LogP contribution is 2.32. The third-order valence-electron chi connectivity index (χ3n) is 1.91. The molecule has 1 heterocycles. The van der Waals surface area contributed by atoms with Crippen LogP contribution in [0.3, 0.4) is 0 Å². The third kappa shape index (κ3) is 2.44. The van der Waals surface area contributed by atoms with E-state index >= 15 is 0 Å². The maximum absolute atomic E-state index is 3.48. The first-order valence-corrected chi connectivity index (χ1v) is 5.08. The van der Waals surface area contributed by atoms with Crippen molar-refractivity contribution >= 4 is 11.8 Å². The van der Waals surface area contributed by atoms with E-state index in [9.17, 15) is 0 Å². The fourth-order valence-electron chi connectivity index (χ4n) is 1.21. The summed E-state index contributed by atoms with van der Waals surface area (Å²) < 4.78 is 0. The van der Waals surface area contributed by atoms with Gasteiger partial charge in [-0.05, 0) is 26.2 Å². The third-order valence-corrected chi connectivity index (χ3v) is 3.16. The summed E-state index contributed by atoms with van der Waals surface area (Å²) in [6.45, 7) is 8.88. The lowest BCUT2D eigenvalue weighted by atomic mass is 10.1. The Kier molecular flexibility index (Phi) is 2.88. The first-order chi connectivity index (χ1) is 5.09. The van der Waals surface area contributed by atoms with Gasteiger partial charge >= 0.3 is 0 Å². The molecule has 1 N–H and O–H groups in total. The van der Waals surface area contributed by atoms with Crippen molar-refractivity contribution in [3.05, 3.63) is 10.6 Å². The van der Waals surface area contributed by atoms with E-state index in [1.807, 2.05) is 11.8 Å². The van der Waals surface area contributed by atoms with Gasteiger partial charge in [-0.25, -0.2) is 0 Å². The van der Waals surface area contributed by atoms with Crippen molar-refractivity contribution in [2.45, 2.75) is 39.5 Å². The van der Waals surface area contributed by atoms with Crippen LogP contribution in [-0.2, 0) is 0 Å². The standard InChI is InChI=1S/C9H17NS/c1-6(2)5-9-10-7(3)8(4)11-9/h6,9-10H,5H2,1-4H3. The van der Waals surface area contributed by atoms with Gasteiger partial charge in [-0.2, -0.15) is 0 Å². The van der Waals surface area contributed by atoms with E-state index in [-0.39, 0.29) is 0 Å². The lowest BCUT2D eigenvalue weighted by Crippen LogP contribution is -2.20. The van der Waals surface area contributed by atoms with E-state index in [1.54, 1.807) is 0 Å². The highest BCUT2D eigenvalue weighted by Gasteiger charge is 2.18. The first kappa shape index (κ1) is 8.98. The second-order valence-corrected chi connectivity index (χ2v) is 4.98. The maximum atomic E-state index is 3.48. The van der Waals surface area contributed by atoms with Crippen molar-refractivity contribution in [2.75, 3.05) is 0 Å². The number of hydrogen-bond acceptors (Lipinski definition) is 2. The van der Waals surface area contributed by atoms with Crippen LogP contribution in [0.25, 0.3) is 0 Å². The van der Waals surface area contributed by atoms with Gasteiger partial charge < -0.3 is 5.32 Å². The van der Waals surface area contributed by atoms with Crippen LogP contribution in [0.2, 0.25) is 0 Å². The molecule has 0 saturated carbocycles. The molecule has 1 nitrogen and oxygen atoms in total. The average Bonchev–Trinajstić information content (AvgIpc) is 2.10. The highest BCUT2D eigenvalue weighted by atomic mass is 32.2. The second-order valence-electron chi connectivity index (χ2n) is 3.56. The molecule has 0 saturated heterocycles. The Morgan fingerprint density at radius 3 is 2.45 bits per heavy atom. The molecule has 64 valence electrons. The lowest BCUT2D eigenvalue weighted by Gasteiger charge is -2.13. The Morgan fingerprint density at radius 1 is 1.45 bits per heavy atom. The summed E-state index contributed by atoms with van der Waals surface area (Å²) in [5, 5.41) is 4.11. The van der Waals surface area contributed by atoms with Crippen molar-refractivity contribution in [3.8, 4) is 0 Å². The summed E-state index contributed by atoms with van der Waals surface area (Å²) in [6.07, 6.45) is 1.26. The molecular weight excluding hydrogens is 154 g/mol. The van der Waals surface area contributed by atoms with Crippen LogP contribution in [0.1, 0.15) is 34.1 Å². The van der Waals surface area contributed by atoms with Gasteiger partial charge in [0.05, 0.1) is 5.37 Å². The Morgan fingerprint density at radius 2 is 2.09 bits per heavy atom. The number of thioether (sulfide) groups is 1. The van der Waals surface area contributed by atoms with Crippen LogP contribution in [0, 0.1) is 5.92 Å². The molecule has 0 radical (unpaired) electrons. The molecule has 1 unspecified atom stereocenters. The number of rotatable bonds is 2. The molecule has 0 aliphatic carbocycles. The molecule has 1 aliphatic heterocycles. The van der Waals surface area contributed by atoms with Gasteiger partial charge in [-0.15, -0.1) is 11.8 Å². The minimum Gasteiger partial charge on any atom is -0.376 e. The number of allylic oxidation sites excluding steroid dienone is 2. The summed E-state index contributed by atoms with van der Waals surface area (Å²) >= 11 is 1.97. The summed E-state index contributed by atoms with van der Waals surface area (Å²) in [5.41, 5.74) is 1.36. The normalized spacial score (nSPS) is 24.6. The minimum absolute atomic E-state index is 0.634. The van der Waals surface area contributed by atoms with Gasteiger partial charge in [0, 0.05) is 10.6 Å². The largest absolute Gasteiger partial charge is 0.376 e. The molecule has 0 aromatic carbocycles. The topological polar surface area (TPSA) is 12.0 Å². The summed E-state index contributed by atoms with van der Waals surface area (Å²) in [7, 11) is 0. The van der Waals surface area contributed by atoms with E-state index in [1.165, 1.54) is 17.0 Å². The smallest absolute Gasteiger partial charge is 0.0766 e. The van der Waals surface area contributed by atoms with Crippen molar-refractivity contribution in [1.82, 2.24) is 5.32 Å². The first-order valence-electron chi connectivity index (χ1n) is 4.20. The summed E-state index contributed by atoms with van der Waals surface area (Å²) in [5.74, 6) is 0.790. The quantitative estimate of drug-likeness (QED) is 0.685. The van der Waals surface area contributed by atoms with Crippen molar-refractivity contribution in [1.29, 1.82) is 0 Å². The molecule has 0 bridgehead atoms. The van der Waals surface area contributed by atoms with Crippen molar-refractivity contribution in [3.63, 3.8) is 0 Å². The van der Waals surface area contributed by atoms with E-state index in [2.05, 4.69) is 33.0 Å². The Bertz CT molecular complexity index is 158. The van der Waals surface area contributed by atoms with Gasteiger partial charge in [-0.3, -0.25) is 0 Å². The van der Waals surface area contributed by atoms with Crippen LogP contribution < -0.4 is 5.32 Å². The van der Waals surface area contributed by atoms with Gasteiger partial charge in [-0.1, -0.05) is 13.8 Å². The molecular formula is C9H17NS. The summed E-state index contributed by atoms with van der Waals surface area (Å²) in [4.78, 5) is 1.45. The minimum atomic E-state index is 0.634. The van der Waals surface area contributed by atoms with Gasteiger partial charge in [0.15, 0.2) is 0 Å². The fourth-order valence-corrected chi connectivity index (χ4v) is 2.59. The predicted octanol–water partition coefficient (Wildman–Crippen LogP) is 2.95. The second kappa shape index (κ2) is 3.53. The van der Waals surface area contributed by atoms with Crippen LogP contribution in [0.15, 0.2) is 10.6 Å². The average molecular weight is 171 g/mol. The molecule has 1 atom stereocenters. The molecule has 0 spiro atoms. The Hall–Kier alpha value is -0.110. The zero-order valence-electron chi connectivity index (χ0n) is 7.77. The monoisotopic (exact) mass is 171 g/mol. The zero-order chi connectivity index (χ0) is 8.43. The number of nitrogens with one attached hydrogen (secondary N) is 1. The lowest BCUT2D eigenvalue weighted by molar-refractivity contribution is 0.543. The fraction of sp³-hybridized carbons (Fsp3) is 0.778. The van der Waals surface area contributed by atoms with Gasteiger partial charge in [0.1, 0.15) is 0 Å². The molecule has 0 aromatic heterocycles. The Balaban J connectivity index is 2.36. The molecule has 1 aliphatic rings. The van der Waals surface area contributed by atoms with Crippen LogP contribution in [0.5, 0.6) is 0 Å². The molecule has 0 fully saturated rings. The highest BCUT2D eigenvalue weighted by molar-refractivity contribution is 8.03. The van der Waals surface area contributed by atoms with Crippen LogP contribution >= 0.6 is 11.8 Å². The molecule has 1 rings (SSSR count). The molecule has 0 aromatic rings. The maximum Gasteiger partial charge on any atom is 0.0766 e. The van der Waals surface area contributed by atoms with Gasteiger partial charge in [0.25, 0.3) is 0 Å². The van der Waals surface area contributed by atoms with E-state index in [4.69, 9.17) is 0 Å².